The Morgan fingerprint density at radius 1 is 1.00 bits per heavy atom. The quantitative estimate of drug-likeness (QED) is 0.843. The number of hydrogen-bond acceptors (Lipinski definition) is 1. The molecule has 0 aromatic heterocycles. The van der Waals surface area contributed by atoms with Crippen LogP contribution in [0.2, 0.25) is 0 Å². The van der Waals surface area contributed by atoms with Crippen molar-refractivity contribution in [2.45, 2.75) is 33.2 Å². The summed E-state index contributed by atoms with van der Waals surface area (Å²) in [7, 11) is 0. The fourth-order valence-corrected chi connectivity index (χ4v) is 2.49. The Kier molecular flexibility index (Phi) is 5.07. The number of halogens is 2. The van der Waals surface area contributed by atoms with Gasteiger partial charge >= 0.3 is 0 Å². The largest absolute Gasteiger partial charge is 0.306 e. The molecule has 0 saturated heterocycles. The maximum Gasteiger partial charge on any atom is 0.131 e. The van der Waals surface area contributed by atoms with Gasteiger partial charge in [0, 0.05) is 5.56 Å². The van der Waals surface area contributed by atoms with Crippen molar-refractivity contribution < 1.29 is 8.78 Å². The van der Waals surface area contributed by atoms with Crippen LogP contribution in [0.3, 0.4) is 0 Å². The SMILES string of the molecule is CCCNC(c1cc(F)ccc1C)c1cccc(C)c1F. The van der Waals surface area contributed by atoms with Crippen molar-refractivity contribution in [3.63, 3.8) is 0 Å². The molecule has 0 bridgehead atoms. The van der Waals surface area contributed by atoms with Crippen LogP contribution >= 0.6 is 0 Å². The standard InChI is InChI=1S/C18H21F2N/c1-4-10-21-18(15-7-5-6-13(3)17(15)20)16-11-14(19)9-8-12(16)2/h5-9,11,18,21H,4,10H2,1-3H3. The number of hydrogen-bond donors (Lipinski definition) is 1. The maximum absolute atomic E-state index is 14.5. The lowest BCUT2D eigenvalue weighted by Crippen LogP contribution is -2.25. The average molecular weight is 289 g/mol. The summed E-state index contributed by atoms with van der Waals surface area (Å²) < 4.78 is 28.1. The number of nitrogens with one attached hydrogen (secondary N) is 1. The third-order valence-electron chi connectivity index (χ3n) is 3.68. The van der Waals surface area contributed by atoms with Crippen molar-refractivity contribution in [2.24, 2.45) is 0 Å². The van der Waals surface area contributed by atoms with E-state index in [1.54, 1.807) is 25.1 Å². The second-order valence-corrected chi connectivity index (χ2v) is 5.37. The summed E-state index contributed by atoms with van der Waals surface area (Å²) in [6, 6.07) is 9.67. The van der Waals surface area contributed by atoms with Crippen LogP contribution in [0.15, 0.2) is 36.4 Å². The first-order chi connectivity index (χ1) is 10.0. The molecule has 2 rings (SSSR count). The Balaban J connectivity index is 2.52. The summed E-state index contributed by atoms with van der Waals surface area (Å²) in [5, 5.41) is 3.33. The molecular formula is C18H21F2N. The molecule has 1 nitrogen and oxygen atoms in total. The van der Waals surface area contributed by atoms with Gasteiger partial charge in [0.1, 0.15) is 11.6 Å². The summed E-state index contributed by atoms with van der Waals surface area (Å²) in [5.41, 5.74) is 2.90. The smallest absolute Gasteiger partial charge is 0.131 e. The normalized spacial score (nSPS) is 12.4. The lowest BCUT2D eigenvalue weighted by Gasteiger charge is -2.22. The molecule has 2 aromatic carbocycles. The van der Waals surface area contributed by atoms with E-state index in [-0.39, 0.29) is 17.7 Å². The number of rotatable bonds is 5. The lowest BCUT2D eigenvalue weighted by atomic mass is 9.93. The molecule has 0 fully saturated rings. The van der Waals surface area contributed by atoms with Crippen LogP contribution in [0.25, 0.3) is 0 Å². The molecule has 1 unspecified atom stereocenters. The van der Waals surface area contributed by atoms with Crippen LogP contribution in [-0.2, 0) is 0 Å². The van der Waals surface area contributed by atoms with Gasteiger partial charge in [0.25, 0.3) is 0 Å². The Bertz CT molecular complexity index is 621. The zero-order chi connectivity index (χ0) is 15.4. The minimum atomic E-state index is -0.333. The highest BCUT2D eigenvalue weighted by molar-refractivity contribution is 5.39. The van der Waals surface area contributed by atoms with E-state index in [9.17, 15) is 8.78 Å². The van der Waals surface area contributed by atoms with Gasteiger partial charge in [-0.05, 0) is 55.6 Å². The monoisotopic (exact) mass is 289 g/mol. The van der Waals surface area contributed by atoms with Crippen LogP contribution in [0.1, 0.15) is 41.6 Å². The van der Waals surface area contributed by atoms with Gasteiger partial charge in [0.05, 0.1) is 6.04 Å². The second kappa shape index (κ2) is 6.81. The Morgan fingerprint density at radius 3 is 2.48 bits per heavy atom. The van der Waals surface area contributed by atoms with Crippen molar-refractivity contribution >= 4 is 0 Å². The first-order valence-corrected chi connectivity index (χ1v) is 7.29. The zero-order valence-corrected chi connectivity index (χ0v) is 12.7. The van der Waals surface area contributed by atoms with Gasteiger partial charge in [-0.2, -0.15) is 0 Å². The van der Waals surface area contributed by atoms with Gasteiger partial charge in [0.15, 0.2) is 0 Å². The molecule has 0 radical (unpaired) electrons. The summed E-state index contributed by atoms with van der Waals surface area (Å²) >= 11 is 0. The van der Waals surface area contributed by atoms with E-state index in [1.165, 1.54) is 12.1 Å². The van der Waals surface area contributed by atoms with Gasteiger partial charge in [-0.3, -0.25) is 0 Å². The van der Waals surface area contributed by atoms with Crippen LogP contribution < -0.4 is 5.32 Å². The molecular weight excluding hydrogens is 268 g/mol. The molecule has 0 spiro atoms. The molecule has 0 saturated carbocycles. The molecule has 1 N–H and O–H groups in total. The molecule has 0 aliphatic carbocycles. The van der Waals surface area contributed by atoms with Crippen molar-refractivity contribution in [3.05, 3.63) is 70.3 Å². The second-order valence-electron chi connectivity index (χ2n) is 5.37. The molecule has 0 aliphatic rings. The van der Waals surface area contributed by atoms with Crippen LogP contribution in [0, 0.1) is 25.5 Å². The molecule has 112 valence electrons. The van der Waals surface area contributed by atoms with Crippen LogP contribution in [0.4, 0.5) is 8.78 Å². The van der Waals surface area contributed by atoms with E-state index in [4.69, 9.17) is 0 Å². The predicted octanol–water partition coefficient (Wildman–Crippen LogP) is 4.67. The van der Waals surface area contributed by atoms with Crippen molar-refractivity contribution in [3.8, 4) is 0 Å². The van der Waals surface area contributed by atoms with E-state index in [0.29, 0.717) is 11.1 Å². The first kappa shape index (κ1) is 15.6. The van der Waals surface area contributed by atoms with Gasteiger partial charge < -0.3 is 5.32 Å². The van der Waals surface area contributed by atoms with E-state index in [1.807, 2.05) is 13.0 Å². The van der Waals surface area contributed by atoms with Crippen LogP contribution in [0.5, 0.6) is 0 Å². The maximum atomic E-state index is 14.5. The minimum absolute atomic E-state index is 0.227. The summed E-state index contributed by atoms with van der Waals surface area (Å²) in [4.78, 5) is 0. The summed E-state index contributed by atoms with van der Waals surface area (Å²) in [5.74, 6) is -0.526. The summed E-state index contributed by atoms with van der Waals surface area (Å²) in [6.07, 6.45) is 0.929. The molecule has 1 atom stereocenters. The van der Waals surface area contributed by atoms with Gasteiger partial charge in [0.2, 0.25) is 0 Å². The number of aryl methyl sites for hydroxylation is 2. The molecule has 21 heavy (non-hydrogen) atoms. The topological polar surface area (TPSA) is 12.0 Å². The Hall–Kier alpha value is -1.74. The molecule has 0 amide bonds. The Labute approximate surface area is 125 Å². The minimum Gasteiger partial charge on any atom is -0.306 e. The predicted molar refractivity (Wildman–Crippen MR) is 82.4 cm³/mol. The molecule has 0 aliphatic heterocycles. The van der Waals surface area contributed by atoms with E-state index >= 15 is 0 Å². The molecule has 2 aromatic rings. The molecule has 3 heteroatoms. The first-order valence-electron chi connectivity index (χ1n) is 7.29. The summed E-state index contributed by atoms with van der Waals surface area (Å²) in [6.45, 7) is 6.46. The van der Waals surface area contributed by atoms with Gasteiger partial charge in [-0.15, -0.1) is 0 Å². The highest BCUT2D eigenvalue weighted by Crippen LogP contribution is 2.28. The van der Waals surface area contributed by atoms with Gasteiger partial charge in [-0.1, -0.05) is 31.2 Å². The third kappa shape index (κ3) is 3.48. The number of benzene rings is 2. The van der Waals surface area contributed by atoms with Crippen LogP contribution in [-0.4, -0.2) is 6.54 Å². The Morgan fingerprint density at radius 2 is 1.76 bits per heavy atom. The highest BCUT2D eigenvalue weighted by atomic mass is 19.1. The van der Waals surface area contributed by atoms with E-state index in [0.717, 1.165) is 24.1 Å². The van der Waals surface area contributed by atoms with Crippen molar-refractivity contribution in [1.29, 1.82) is 0 Å². The van der Waals surface area contributed by atoms with Crippen molar-refractivity contribution in [2.75, 3.05) is 6.54 Å². The zero-order valence-electron chi connectivity index (χ0n) is 12.7. The van der Waals surface area contributed by atoms with E-state index < -0.39 is 0 Å². The van der Waals surface area contributed by atoms with Gasteiger partial charge in [-0.25, -0.2) is 8.78 Å². The fraction of sp³-hybridized carbons (Fsp3) is 0.333. The fourth-order valence-electron chi connectivity index (χ4n) is 2.49. The molecule has 0 heterocycles. The lowest BCUT2D eigenvalue weighted by molar-refractivity contribution is 0.537. The third-order valence-corrected chi connectivity index (χ3v) is 3.68. The van der Waals surface area contributed by atoms with Crippen molar-refractivity contribution in [1.82, 2.24) is 5.32 Å². The highest BCUT2D eigenvalue weighted by Gasteiger charge is 2.20. The van der Waals surface area contributed by atoms with E-state index in [2.05, 4.69) is 12.2 Å². The average Bonchev–Trinajstić information content (AvgIpc) is 2.47.